The second-order valence-corrected chi connectivity index (χ2v) is 10.9. The number of carbonyl (C=O) groups excluding carboxylic acids is 1. The van der Waals surface area contributed by atoms with Crippen LogP contribution < -0.4 is 10.1 Å². The van der Waals surface area contributed by atoms with Crippen LogP contribution >= 0.6 is 0 Å². The maximum atomic E-state index is 12.6. The summed E-state index contributed by atoms with van der Waals surface area (Å²) in [7, 11) is 1.86. The van der Waals surface area contributed by atoms with E-state index in [0.29, 0.717) is 43.2 Å². The lowest BCUT2D eigenvalue weighted by Crippen LogP contribution is -2.46. The zero-order valence-corrected chi connectivity index (χ0v) is 20.9. The standard InChI is InChI=1S/C30H39NO3/c1-4-31-28(32)18-22-17-27(33-3)30(2)15-14-25-24-13-11-23(34-19-20-8-6-5-7-9-20)16-21(24)10-12-26(25)29(22)30/h5-9,11,13,16,22,25-27,29H,4,10,12,14-15,17-19H2,1-3H3,(H,31,32)/t22-,25-,26-,27+,29+,30-/m1/s1. The molecule has 1 amide bonds. The molecule has 6 atom stereocenters. The average molecular weight is 462 g/mol. The second kappa shape index (κ2) is 9.73. The molecule has 0 spiro atoms. The van der Waals surface area contributed by atoms with Crippen LogP contribution in [0.4, 0.5) is 0 Å². The van der Waals surface area contributed by atoms with E-state index in [1.54, 1.807) is 0 Å². The van der Waals surface area contributed by atoms with Crippen LogP contribution in [-0.4, -0.2) is 25.7 Å². The van der Waals surface area contributed by atoms with E-state index in [1.807, 2.05) is 20.1 Å². The lowest BCUT2D eigenvalue weighted by molar-refractivity contribution is -0.122. The monoisotopic (exact) mass is 461 g/mol. The normalized spacial score (nSPS) is 31.8. The minimum absolute atomic E-state index is 0.170. The number of rotatable bonds is 7. The summed E-state index contributed by atoms with van der Waals surface area (Å²) < 4.78 is 12.2. The van der Waals surface area contributed by atoms with E-state index in [2.05, 4.69) is 54.7 Å². The maximum absolute atomic E-state index is 12.6. The molecule has 0 radical (unpaired) electrons. The molecule has 34 heavy (non-hydrogen) atoms. The molecule has 0 aromatic heterocycles. The van der Waals surface area contributed by atoms with Crippen molar-refractivity contribution in [2.45, 2.75) is 71.0 Å². The van der Waals surface area contributed by atoms with Gasteiger partial charge in [-0.3, -0.25) is 4.79 Å². The number of carbonyl (C=O) groups is 1. The predicted molar refractivity (Wildman–Crippen MR) is 135 cm³/mol. The van der Waals surface area contributed by atoms with Gasteiger partial charge in [-0.05, 0) is 96.9 Å². The third-order valence-corrected chi connectivity index (χ3v) is 9.11. The molecular weight excluding hydrogens is 422 g/mol. The SMILES string of the molecule is CCNC(=O)C[C@H]1C[C@H](OC)[C@@]2(C)CC[C@@H]3c4ccc(OCc5ccccc5)cc4CC[C@H]3[C@H]12. The number of methoxy groups -OCH3 is 1. The predicted octanol–water partition coefficient (Wildman–Crippen LogP) is 5.89. The summed E-state index contributed by atoms with van der Waals surface area (Å²) in [5.74, 6) is 3.32. The third kappa shape index (κ3) is 4.26. The fourth-order valence-electron chi connectivity index (χ4n) is 7.70. The van der Waals surface area contributed by atoms with Crippen molar-refractivity contribution >= 4 is 5.91 Å². The second-order valence-electron chi connectivity index (χ2n) is 10.9. The number of ether oxygens (including phenoxy) is 2. The van der Waals surface area contributed by atoms with E-state index in [4.69, 9.17) is 9.47 Å². The van der Waals surface area contributed by atoms with Crippen LogP contribution in [0.5, 0.6) is 5.75 Å². The van der Waals surface area contributed by atoms with Gasteiger partial charge in [0.1, 0.15) is 12.4 Å². The first-order chi connectivity index (χ1) is 16.5. The molecule has 1 N–H and O–H groups in total. The van der Waals surface area contributed by atoms with Crippen LogP contribution in [-0.2, 0) is 22.6 Å². The summed E-state index contributed by atoms with van der Waals surface area (Å²) in [5.41, 5.74) is 4.34. The highest BCUT2D eigenvalue weighted by atomic mass is 16.5. The highest BCUT2D eigenvalue weighted by Crippen LogP contribution is 2.64. The van der Waals surface area contributed by atoms with Gasteiger partial charge in [-0.15, -0.1) is 0 Å². The van der Waals surface area contributed by atoms with Crippen molar-refractivity contribution in [3.05, 3.63) is 65.2 Å². The smallest absolute Gasteiger partial charge is 0.220 e. The van der Waals surface area contributed by atoms with E-state index in [-0.39, 0.29) is 17.4 Å². The van der Waals surface area contributed by atoms with Crippen molar-refractivity contribution in [3.63, 3.8) is 0 Å². The number of amides is 1. The summed E-state index contributed by atoms with van der Waals surface area (Å²) >= 11 is 0. The summed E-state index contributed by atoms with van der Waals surface area (Å²) in [6.07, 6.45) is 6.58. The Labute approximate surface area is 204 Å². The van der Waals surface area contributed by atoms with Crippen molar-refractivity contribution < 1.29 is 14.3 Å². The van der Waals surface area contributed by atoms with E-state index < -0.39 is 0 Å². The Morgan fingerprint density at radius 3 is 2.74 bits per heavy atom. The highest BCUT2D eigenvalue weighted by Gasteiger charge is 2.59. The summed E-state index contributed by atoms with van der Waals surface area (Å²) in [5, 5.41) is 3.04. The van der Waals surface area contributed by atoms with Gasteiger partial charge in [-0.25, -0.2) is 0 Å². The number of nitrogens with one attached hydrogen (secondary N) is 1. The zero-order chi connectivity index (χ0) is 23.7. The number of fused-ring (bicyclic) bond motifs is 5. The Kier molecular flexibility index (Phi) is 6.70. The van der Waals surface area contributed by atoms with Crippen LogP contribution in [0.3, 0.4) is 0 Å². The van der Waals surface area contributed by atoms with Crippen LogP contribution in [0.1, 0.15) is 68.6 Å². The highest BCUT2D eigenvalue weighted by molar-refractivity contribution is 5.76. The maximum Gasteiger partial charge on any atom is 0.220 e. The molecule has 2 saturated carbocycles. The van der Waals surface area contributed by atoms with E-state index in [9.17, 15) is 4.79 Å². The van der Waals surface area contributed by atoms with Gasteiger partial charge in [0.05, 0.1) is 6.10 Å². The summed E-state index contributed by atoms with van der Waals surface area (Å²) in [6, 6.07) is 17.1. The largest absolute Gasteiger partial charge is 0.489 e. The average Bonchev–Trinajstić information content (AvgIpc) is 3.14. The van der Waals surface area contributed by atoms with Crippen molar-refractivity contribution in [3.8, 4) is 5.75 Å². The first kappa shape index (κ1) is 23.4. The first-order valence-corrected chi connectivity index (χ1v) is 13.1. The molecule has 0 heterocycles. The third-order valence-electron chi connectivity index (χ3n) is 9.11. The quantitative estimate of drug-likeness (QED) is 0.559. The lowest BCUT2D eigenvalue weighted by Gasteiger charge is -2.51. The molecule has 0 bridgehead atoms. The Morgan fingerprint density at radius 2 is 1.97 bits per heavy atom. The van der Waals surface area contributed by atoms with Crippen LogP contribution in [0.15, 0.2) is 48.5 Å². The Balaban J connectivity index is 1.36. The Bertz CT molecular complexity index is 1010. The molecule has 3 aliphatic rings. The molecule has 2 fully saturated rings. The van der Waals surface area contributed by atoms with Gasteiger partial charge < -0.3 is 14.8 Å². The minimum Gasteiger partial charge on any atom is -0.489 e. The molecule has 0 saturated heterocycles. The van der Waals surface area contributed by atoms with Crippen molar-refractivity contribution in [2.24, 2.45) is 23.2 Å². The molecule has 0 aliphatic heterocycles. The molecule has 2 aromatic rings. The number of aryl methyl sites for hydroxylation is 1. The topological polar surface area (TPSA) is 47.6 Å². The van der Waals surface area contributed by atoms with Gasteiger partial charge in [0.2, 0.25) is 5.91 Å². The van der Waals surface area contributed by atoms with Gasteiger partial charge in [0.25, 0.3) is 0 Å². The Morgan fingerprint density at radius 1 is 1.15 bits per heavy atom. The van der Waals surface area contributed by atoms with Crippen LogP contribution in [0.2, 0.25) is 0 Å². The summed E-state index contributed by atoms with van der Waals surface area (Å²) in [4.78, 5) is 12.6. The molecule has 3 aliphatic carbocycles. The number of benzene rings is 2. The fourth-order valence-corrected chi connectivity index (χ4v) is 7.70. The molecular formula is C30H39NO3. The van der Waals surface area contributed by atoms with Crippen molar-refractivity contribution in [1.29, 1.82) is 0 Å². The van der Waals surface area contributed by atoms with E-state index in [0.717, 1.165) is 18.6 Å². The van der Waals surface area contributed by atoms with Crippen LogP contribution in [0, 0.1) is 23.2 Å². The number of hydrogen-bond donors (Lipinski definition) is 1. The molecule has 0 unspecified atom stereocenters. The molecule has 4 heteroatoms. The van der Waals surface area contributed by atoms with Gasteiger partial charge in [0, 0.05) is 20.1 Å². The molecule has 4 nitrogen and oxygen atoms in total. The fraction of sp³-hybridized carbons (Fsp3) is 0.567. The first-order valence-electron chi connectivity index (χ1n) is 13.1. The van der Waals surface area contributed by atoms with Gasteiger partial charge in [0.15, 0.2) is 0 Å². The van der Waals surface area contributed by atoms with Crippen molar-refractivity contribution in [2.75, 3.05) is 13.7 Å². The molecule has 5 rings (SSSR count). The van der Waals surface area contributed by atoms with Crippen LogP contribution in [0.25, 0.3) is 0 Å². The zero-order valence-electron chi connectivity index (χ0n) is 20.9. The Hall–Kier alpha value is -2.33. The molecule has 182 valence electrons. The van der Waals surface area contributed by atoms with E-state index >= 15 is 0 Å². The van der Waals surface area contributed by atoms with E-state index in [1.165, 1.54) is 36.0 Å². The van der Waals surface area contributed by atoms with Gasteiger partial charge >= 0.3 is 0 Å². The summed E-state index contributed by atoms with van der Waals surface area (Å²) in [6.45, 7) is 5.75. The molecule has 2 aromatic carbocycles. The minimum atomic E-state index is 0.170. The van der Waals surface area contributed by atoms with Gasteiger partial charge in [-0.1, -0.05) is 43.3 Å². The van der Waals surface area contributed by atoms with Gasteiger partial charge in [-0.2, -0.15) is 0 Å². The van der Waals surface area contributed by atoms with Crippen molar-refractivity contribution in [1.82, 2.24) is 5.32 Å². The lowest BCUT2D eigenvalue weighted by atomic mass is 9.54. The number of hydrogen-bond acceptors (Lipinski definition) is 3.